The van der Waals surface area contributed by atoms with Crippen molar-refractivity contribution in [3.8, 4) is 0 Å². The molecule has 0 bridgehead atoms. The molecular weight excluding hydrogens is 200 g/mol. The summed E-state index contributed by atoms with van der Waals surface area (Å²) >= 11 is 0. The van der Waals surface area contributed by atoms with Crippen molar-refractivity contribution in [3.05, 3.63) is 0 Å². The Labute approximate surface area is 99.8 Å². The van der Waals surface area contributed by atoms with Gasteiger partial charge < -0.3 is 4.74 Å². The van der Waals surface area contributed by atoms with Gasteiger partial charge in [-0.1, -0.05) is 26.7 Å². The SMILES string of the molecule is CCC(CC)CC1(C(=O)OC(C)(C)C)CC1. The Morgan fingerprint density at radius 2 is 1.75 bits per heavy atom. The minimum Gasteiger partial charge on any atom is -0.460 e. The van der Waals surface area contributed by atoms with Crippen LogP contribution < -0.4 is 0 Å². The highest BCUT2D eigenvalue weighted by molar-refractivity contribution is 5.80. The van der Waals surface area contributed by atoms with Crippen LogP contribution in [0.15, 0.2) is 0 Å². The van der Waals surface area contributed by atoms with Crippen molar-refractivity contribution in [2.75, 3.05) is 0 Å². The third-order valence-corrected chi connectivity index (χ3v) is 3.52. The van der Waals surface area contributed by atoms with Crippen LogP contribution in [0.1, 0.15) is 66.7 Å². The van der Waals surface area contributed by atoms with Crippen LogP contribution in [0, 0.1) is 11.3 Å². The molecule has 2 heteroatoms. The number of carbonyl (C=O) groups is 1. The van der Waals surface area contributed by atoms with E-state index in [9.17, 15) is 4.79 Å². The van der Waals surface area contributed by atoms with E-state index >= 15 is 0 Å². The first-order valence-corrected chi connectivity index (χ1v) is 6.56. The predicted octanol–water partition coefficient (Wildman–Crippen LogP) is 3.93. The van der Waals surface area contributed by atoms with E-state index in [2.05, 4.69) is 13.8 Å². The molecule has 0 aromatic rings. The molecule has 1 aliphatic rings. The topological polar surface area (TPSA) is 26.3 Å². The molecule has 0 aliphatic heterocycles. The number of rotatable bonds is 5. The van der Waals surface area contributed by atoms with Gasteiger partial charge in [0.1, 0.15) is 5.60 Å². The third kappa shape index (κ3) is 3.50. The van der Waals surface area contributed by atoms with Crippen LogP contribution >= 0.6 is 0 Å². The summed E-state index contributed by atoms with van der Waals surface area (Å²) in [4.78, 5) is 12.1. The van der Waals surface area contributed by atoms with Gasteiger partial charge in [-0.3, -0.25) is 4.79 Å². The minimum absolute atomic E-state index is 0.0342. The standard InChI is InChI=1S/C14H26O2/c1-6-11(7-2)10-14(8-9-14)12(15)16-13(3,4)5/h11H,6-10H2,1-5H3. The van der Waals surface area contributed by atoms with Gasteiger partial charge >= 0.3 is 5.97 Å². The quantitative estimate of drug-likeness (QED) is 0.664. The fraction of sp³-hybridized carbons (Fsp3) is 0.929. The van der Waals surface area contributed by atoms with Gasteiger partial charge in [-0.25, -0.2) is 0 Å². The second-order valence-corrected chi connectivity index (χ2v) is 6.17. The highest BCUT2D eigenvalue weighted by Gasteiger charge is 2.52. The Balaban J connectivity index is 2.54. The molecular formula is C14H26O2. The molecule has 0 amide bonds. The van der Waals surface area contributed by atoms with Crippen LogP contribution in [0.25, 0.3) is 0 Å². The zero-order chi connectivity index (χ0) is 12.4. The van der Waals surface area contributed by atoms with Crippen LogP contribution in [0.4, 0.5) is 0 Å². The Hall–Kier alpha value is -0.530. The molecule has 1 fully saturated rings. The Bertz CT molecular complexity index is 242. The van der Waals surface area contributed by atoms with E-state index < -0.39 is 0 Å². The number of carbonyl (C=O) groups excluding carboxylic acids is 1. The number of hydrogen-bond acceptors (Lipinski definition) is 2. The van der Waals surface area contributed by atoms with Crippen LogP contribution in [-0.4, -0.2) is 11.6 Å². The average molecular weight is 226 g/mol. The number of esters is 1. The van der Waals surface area contributed by atoms with E-state index in [1.165, 1.54) is 12.8 Å². The lowest BCUT2D eigenvalue weighted by Gasteiger charge is -2.25. The molecule has 0 radical (unpaired) electrons. The molecule has 0 spiro atoms. The summed E-state index contributed by atoms with van der Waals surface area (Å²) in [7, 11) is 0. The molecule has 94 valence electrons. The fourth-order valence-corrected chi connectivity index (χ4v) is 2.16. The van der Waals surface area contributed by atoms with Crippen molar-refractivity contribution in [2.24, 2.45) is 11.3 Å². The first-order valence-electron chi connectivity index (χ1n) is 6.56. The van der Waals surface area contributed by atoms with Gasteiger partial charge in [0.25, 0.3) is 0 Å². The summed E-state index contributed by atoms with van der Waals surface area (Å²) in [6.45, 7) is 10.2. The first kappa shape index (κ1) is 13.5. The molecule has 0 aromatic heterocycles. The molecule has 1 saturated carbocycles. The van der Waals surface area contributed by atoms with Gasteiger partial charge in [0.05, 0.1) is 5.41 Å². The Kier molecular flexibility index (Phi) is 4.03. The molecule has 0 atom stereocenters. The normalized spacial score (nSPS) is 18.6. The maximum Gasteiger partial charge on any atom is 0.312 e. The van der Waals surface area contributed by atoms with Crippen LogP contribution in [0.2, 0.25) is 0 Å². The van der Waals surface area contributed by atoms with Gasteiger partial charge in [-0.15, -0.1) is 0 Å². The third-order valence-electron chi connectivity index (χ3n) is 3.52. The maximum atomic E-state index is 12.1. The summed E-state index contributed by atoms with van der Waals surface area (Å²) < 4.78 is 5.52. The lowest BCUT2D eigenvalue weighted by atomic mass is 9.88. The molecule has 0 aromatic carbocycles. The van der Waals surface area contributed by atoms with Crippen LogP contribution in [0.5, 0.6) is 0 Å². The van der Waals surface area contributed by atoms with Gasteiger partial charge in [0, 0.05) is 0 Å². The highest BCUT2D eigenvalue weighted by Crippen LogP contribution is 2.53. The lowest BCUT2D eigenvalue weighted by molar-refractivity contribution is -0.162. The molecule has 2 nitrogen and oxygen atoms in total. The van der Waals surface area contributed by atoms with E-state index in [0.29, 0.717) is 5.92 Å². The van der Waals surface area contributed by atoms with Gasteiger partial charge in [0.15, 0.2) is 0 Å². The molecule has 1 rings (SSSR count). The highest BCUT2D eigenvalue weighted by atomic mass is 16.6. The summed E-state index contributed by atoms with van der Waals surface area (Å²) in [5.41, 5.74) is -0.468. The van der Waals surface area contributed by atoms with E-state index in [4.69, 9.17) is 4.74 Å². The van der Waals surface area contributed by atoms with Crippen molar-refractivity contribution in [2.45, 2.75) is 72.3 Å². The van der Waals surface area contributed by atoms with E-state index in [1.54, 1.807) is 0 Å². The van der Waals surface area contributed by atoms with E-state index in [0.717, 1.165) is 19.3 Å². The monoisotopic (exact) mass is 226 g/mol. The van der Waals surface area contributed by atoms with Crippen molar-refractivity contribution in [3.63, 3.8) is 0 Å². The second kappa shape index (κ2) is 4.77. The summed E-state index contributed by atoms with van der Waals surface area (Å²) in [6, 6.07) is 0. The second-order valence-electron chi connectivity index (χ2n) is 6.17. The number of ether oxygens (including phenoxy) is 1. The predicted molar refractivity (Wildman–Crippen MR) is 66.2 cm³/mol. The van der Waals surface area contributed by atoms with E-state index in [1.807, 2.05) is 20.8 Å². The lowest BCUT2D eigenvalue weighted by Crippen LogP contribution is -2.30. The van der Waals surface area contributed by atoms with Gasteiger partial charge in [-0.05, 0) is 46.0 Å². The minimum atomic E-state index is -0.347. The van der Waals surface area contributed by atoms with Crippen molar-refractivity contribution < 1.29 is 9.53 Å². The zero-order valence-electron chi connectivity index (χ0n) is 11.4. The van der Waals surface area contributed by atoms with Crippen LogP contribution in [0.3, 0.4) is 0 Å². The molecule has 0 N–H and O–H groups in total. The van der Waals surface area contributed by atoms with Crippen molar-refractivity contribution in [1.29, 1.82) is 0 Å². The summed E-state index contributed by atoms with van der Waals surface area (Å²) in [6.07, 6.45) is 5.41. The molecule has 1 aliphatic carbocycles. The Morgan fingerprint density at radius 3 is 2.06 bits per heavy atom. The molecule has 0 unspecified atom stereocenters. The van der Waals surface area contributed by atoms with Gasteiger partial charge in [-0.2, -0.15) is 0 Å². The fourth-order valence-electron chi connectivity index (χ4n) is 2.16. The largest absolute Gasteiger partial charge is 0.460 e. The average Bonchev–Trinajstić information content (AvgIpc) is 2.92. The smallest absolute Gasteiger partial charge is 0.312 e. The summed E-state index contributed by atoms with van der Waals surface area (Å²) in [5, 5.41) is 0. The summed E-state index contributed by atoms with van der Waals surface area (Å²) in [5.74, 6) is 0.710. The maximum absolute atomic E-state index is 12.1. The van der Waals surface area contributed by atoms with Crippen molar-refractivity contribution >= 4 is 5.97 Å². The Morgan fingerprint density at radius 1 is 1.25 bits per heavy atom. The van der Waals surface area contributed by atoms with Crippen molar-refractivity contribution in [1.82, 2.24) is 0 Å². The number of hydrogen-bond donors (Lipinski definition) is 0. The molecule has 0 saturated heterocycles. The van der Waals surface area contributed by atoms with Crippen LogP contribution in [-0.2, 0) is 9.53 Å². The van der Waals surface area contributed by atoms with E-state index in [-0.39, 0.29) is 17.0 Å². The molecule has 0 heterocycles. The van der Waals surface area contributed by atoms with Gasteiger partial charge in [0.2, 0.25) is 0 Å². The molecule has 16 heavy (non-hydrogen) atoms. The zero-order valence-corrected chi connectivity index (χ0v) is 11.4. The first-order chi connectivity index (χ1) is 7.33.